The van der Waals surface area contributed by atoms with Crippen LogP contribution in [-0.2, 0) is 4.79 Å². The number of aryl methyl sites for hydroxylation is 1. The number of benzene rings is 1. The van der Waals surface area contributed by atoms with Gasteiger partial charge in [0.1, 0.15) is 5.75 Å². The van der Waals surface area contributed by atoms with Gasteiger partial charge in [-0.1, -0.05) is 11.6 Å². The Labute approximate surface area is 103 Å². The summed E-state index contributed by atoms with van der Waals surface area (Å²) in [5, 5.41) is 1.10. The number of hydrogen-bond acceptors (Lipinski definition) is 3. The fraction of sp³-hybridized carbons (Fsp3) is 0.250. The van der Waals surface area contributed by atoms with Crippen LogP contribution in [0.2, 0.25) is 5.02 Å². The lowest BCUT2D eigenvalue weighted by Gasteiger charge is -2.05. The predicted molar refractivity (Wildman–Crippen MR) is 65.9 cm³/mol. The van der Waals surface area contributed by atoms with Crippen LogP contribution in [0.3, 0.4) is 0 Å². The molecule has 0 spiro atoms. The minimum atomic E-state index is -0.382. The van der Waals surface area contributed by atoms with Gasteiger partial charge in [-0.05, 0) is 19.1 Å². The summed E-state index contributed by atoms with van der Waals surface area (Å²) in [5.74, 6) is 0.621. The Morgan fingerprint density at radius 3 is 2.71 bits per heavy atom. The summed E-state index contributed by atoms with van der Waals surface area (Å²) in [7, 11) is 1.54. The lowest BCUT2D eigenvalue weighted by atomic mass is 10.2. The van der Waals surface area contributed by atoms with Gasteiger partial charge in [-0.2, -0.15) is 0 Å². The number of hydrogen-bond donors (Lipinski definition) is 1. The topological polar surface area (TPSA) is 51.3 Å². The number of esters is 1. The Kier molecular flexibility index (Phi) is 2.98. The van der Waals surface area contributed by atoms with Crippen LogP contribution in [0.15, 0.2) is 12.1 Å². The molecule has 0 aliphatic heterocycles. The van der Waals surface area contributed by atoms with Crippen LogP contribution in [0.1, 0.15) is 12.6 Å². The highest BCUT2D eigenvalue weighted by molar-refractivity contribution is 6.37. The number of nitrogens with one attached hydrogen (secondary N) is 1. The summed E-state index contributed by atoms with van der Waals surface area (Å²) in [6, 6.07) is 3.60. The fourth-order valence-corrected chi connectivity index (χ4v) is 2.09. The molecule has 1 aromatic heterocycles. The van der Waals surface area contributed by atoms with Crippen molar-refractivity contribution in [2.75, 3.05) is 7.11 Å². The molecule has 17 heavy (non-hydrogen) atoms. The summed E-state index contributed by atoms with van der Waals surface area (Å²) < 4.78 is 10.3. The van der Waals surface area contributed by atoms with Crippen molar-refractivity contribution in [1.29, 1.82) is 0 Å². The minimum absolute atomic E-state index is 0.382. The highest BCUT2D eigenvalue weighted by Crippen LogP contribution is 2.40. The molecule has 1 aromatic carbocycles. The van der Waals surface area contributed by atoms with Crippen LogP contribution >= 0.6 is 11.6 Å². The lowest BCUT2D eigenvalue weighted by molar-refractivity contribution is -0.131. The van der Waals surface area contributed by atoms with Crippen LogP contribution in [0.4, 0.5) is 0 Å². The van der Waals surface area contributed by atoms with Crippen molar-refractivity contribution in [1.82, 2.24) is 4.98 Å². The Morgan fingerprint density at radius 2 is 2.12 bits per heavy atom. The van der Waals surface area contributed by atoms with Crippen molar-refractivity contribution < 1.29 is 14.3 Å². The van der Waals surface area contributed by atoms with Crippen molar-refractivity contribution in [3.63, 3.8) is 0 Å². The van der Waals surface area contributed by atoms with E-state index < -0.39 is 0 Å². The number of carbonyl (C=O) groups excluding carboxylic acids is 1. The lowest BCUT2D eigenvalue weighted by Crippen LogP contribution is -2.02. The zero-order valence-electron chi connectivity index (χ0n) is 9.76. The number of halogens is 1. The zero-order chi connectivity index (χ0) is 12.6. The normalized spacial score (nSPS) is 10.6. The zero-order valence-corrected chi connectivity index (χ0v) is 10.5. The first-order valence-corrected chi connectivity index (χ1v) is 5.45. The molecule has 2 aromatic rings. The number of aromatic nitrogens is 1. The van der Waals surface area contributed by atoms with E-state index in [-0.39, 0.29) is 5.97 Å². The average molecular weight is 254 g/mol. The van der Waals surface area contributed by atoms with Crippen molar-refractivity contribution >= 4 is 28.5 Å². The fourth-order valence-electron chi connectivity index (χ4n) is 1.76. The number of ether oxygens (including phenoxy) is 2. The number of H-pyrrole nitrogens is 1. The van der Waals surface area contributed by atoms with Gasteiger partial charge in [0.25, 0.3) is 0 Å². The van der Waals surface area contributed by atoms with E-state index in [0.717, 1.165) is 11.2 Å². The second-order valence-corrected chi connectivity index (χ2v) is 4.06. The van der Waals surface area contributed by atoms with Gasteiger partial charge >= 0.3 is 5.97 Å². The monoisotopic (exact) mass is 253 g/mol. The molecule has 4 nitrogen and oxygen atoms in total. The molecule has 0 radical (unpaired) electrons. The Morgan fingerprint density at radius 1 is 1.41 bits per heavy atom. The molecular weight excluding hydrogens is 242 g/mol. The van der Waals surface area contributed by atoms with Gasteiger partial charge in [-0.15, -0.1) is 0 Å². The highest BCUT2D eigenvalue weighted by Gasteiger charge is 2.17. The van der Waals surface area contributed by atoms with E-state index in [0.29, 0.717) is 21.9 Å². The first kappa shape index (κ1) is 11.8. The molecule has 5 heteroatoms. The standard InChI is InChI=1S/C12H12ClNO3/c1-6-12(17-7(2)15)10-8(14-6)4-5-9(16-3)11(10)13/h4-5,14H,1-3H3. The Bertz CT molecular complexity index is 589. The summed E-state index contributed by atoms with van der Waals surface area (Å²) in [4.78, 5) is 14.2. The molecule has 0 fully saturated rings. The number of rotatable bonds is 2. The van der Waals surface area contributed by atoms with E-state index in [2.05, 4.69) is 4.98 Å². The third-order valence-electron chi connectivity index (χ3n) is 2.46. The third-order valence-corrected chi connectivity index (χ3v) is 2.84. The van der Waals surface area contributed by atoms with Crippen LogP contribution in [0.5, 0.6) is 11.5 Å². The summed E-state index contributed by atoms with van der Waals surface area (Å²) in [6.07, 6.45) is 0. The largest absolute Gasteiger partial charge is 0.495 e. The highest BCUT2D eigenvalue weighted by atomic mass is 35.5. The number of fused-ring (bicyclic) bond motifs is 1. The first-order valence-electron chi connectivity index (χ1n) is 5.07. The second-order valence-electron chi connectivity index (χ2n) is 3.68. The summed E-state index contributed by atoms with van der Waals surface area (Å²) in [5.41, 5.74) is 1.56. The summed E-state index contributed by atoms with van der Waals surface area (Å²) in [6.45, 7) is 3.17. The Hall–Kier alpha value is -1.68. The molecule has 0 unspecified atom stereocenters. The molecule has 90 valence electrons. The van der Waals surface area contributed by atoms with Crippen molar-refractivity contribution in [2.24, 2.45) is 0 Å². The van der Waals surface area contributed by atoms with Gasteiger partial charge < -0.3 is 14.5 Å². The molecule has 1 N–H and O–H groups in total. The van der Waals surface area contributed by atoms with Gasteiger partial charge in [-0.3, -0.25) is 4.79 Å². The van der Waals surface area contributed by atoms with E-state index in [1.165, 1.54) is 14.0 Å². The predicted octanol–water partition coefficient (Wildman–Crippen LogP) is 3.06. The van der Waals surface area contributed by atoms with Gasteiger partial charge in [0.2, 0.25) is 0 Å². The molecular formula is C12H12ClNO3. The quantitative estimate of drug-likeness (QED) is 0.837. The van der Waals surface area contributed by atoms with Gasteiger partial charge in [0.15, 0.2) is 5.75 Å². The smallest absolute Gasteiger partial charge is 0.308 e. The molecule has 0 amide bonds. The van der Waals surface area contributed by atoms with Crippen LogP contribution in [-0.4, -0.2) is 18.1 Å². The molecule has 0 atom stereocenters. The van der Waals surface area contributed by atoms with Gasteiger partial charge in [-0.25, -0.2) is 0 Å². The van der Waals surface area contributed by atoms with Crippen LogP contribution in [0, 0.1) is 6.92 Å². The second kappa shape index (κ2) is 4.30. The summed E-state index contributed by atoms with van der Waals surface area (Å²) >= 11 is 6.21. The molecule has 0 aliphatic carbocycles. The third kappa shape index (κ3) is 1.96. The number of aromatic amines is 1. The molecule has 0 aliphatic rings. The maximum atomic E-state index is 11.1. The maximum Gasteiger partial charge on any atom is 0.308 e. The number of methoxy groups -OCH3 is 1. The van der Waals surface area contributed by atoms with E-state index in [4.69, 9.17) is 21.1 Å². The van der Waals surface area contributed by atoms with E-state index >= 15 is 0 Å². The van der Waals surface area contributed by atoms with Gasteiger partial charge in [0.05, 0.1) is 28.7 Å². The molecule has 1 heterocycles. The maximum absolute atomic E-state index is 11.1. The van der Waals surface area contributed by atoms with Crippen molar-refractivity contribution in [2.45, 2.75) is 13.8 Å². The minimum Gasteiger partial charge on any atom is -0.495 e. The molecule has 2 rings (SSSR count). The Balaban J connectivity index is 2.73. The van der Waals surface area contributed by atoms with Crippen LogP contribution < -0.4 is 9.47 Å². The average Bonchev–Trinajstić information content (AvgIpc) is 2.56. The van der Waals surface area contributed by atoms with Crippen molar-refractivity contribution in [3.05, 3.63) is 22.8 Å². The SMILES string of the molecule is COc1ccc2[nH]c(C)c(OC(C)=O)c2c1Cl. The first-order chi connectivity index (χ1) is 8.04. The van der Waals surface area contributed by atoms with E-state index in [1.54, 1.807) is 6.07 Å². The molecule has 0 saturated carbocycles. The van der Waals surface area contributed by atoms with Gasteiger partial charge in [0, 0.05) is 6.92 Å². The van der Waals surface area contributed by atoms with E-state index in [1.807, 2.05) is 13.0 Å². The molecule has 0 bridgehead atoms. The van der Waals surface area contributed by atoms with E-state index in [9.17, 15) is 4.79 Å². The van der Waals surface area contributed by atoms with Crippen LogP contribution in [0.25, 0.3) is 10.9 Å². The van der Waals surface area contributed by atoms with Crippen molar-refractivity contribution in [3.8, 4) is 11.5 Å². The number of carbonyl (C=O) groups is 1. The molecule has 0 saturated heterocycles.